The molecule has 7 aromatic rings. The van der Waals surface area contributed by atoms with Crippen molar-refractivity contribution in [2.24, 2.45) is 0 Å². The summed E-state index contributed by atoms with van der Waals surface area (Å²) in [5, 5.41) is 0. The van der Waals surface area contributed by atoms with Gasteiger partial charge in [-0.1, -0.05) is 24.3 Å². The molecule has 0 aromatic carbocycles. The minimum Gasteiger partial charge on any atom is -0.657 e. The number of hydrogen-bond acceptors (Lipinski definition) is 7. The largest absolute Gasteiger partial charge is 3.00 e. The summed E-state index contributed by atoms with van der Waals surface area (Å²) in [5.41, 5.74) is 26.2. The summed E-state index contributed by atoms with van der Waals surface area (Å²) in [6.45, 7) is 0. The first kappa shape index (κ1) is 33.5. The fraction of sp³-hybridized carbons (Fsp3) is 0. The summed E-state index contributed by atoms with van der Waals surface area (Å²) in [5.74, 6) is 0. The van der Waals surface area contributed by atoms with Crippen LogP contribution in [-0.2, 0) is 16.8 Å². The van der Waals surface area contributed by atoms with Crippen LogP contribution < -0.4 is 9.97 Å². The Kier molecular flexibility index (Phi) is 9.58. The Bertz CT molecular complexity index is 2300. The maximum atomic E-state index is 6.86. The summed E-state index contributed by atoms with van der Waals surface area (Å²) < 4.78 is 0. The third-order valence-electron chi connectivity index (χ3n) is 8.49. The van der Waals surface area contributed by atoms with E-state index in [1.807, 2.05) is 48.5 Å². The molecule has 0 unspecified atom stereocenters. The van der Waals surface area contributed by atoms with E-state index in [-0.39, 0.29) is 16.8 Å². The predicted molar refractivity (Wildman–Crippen MR) is 199 cm³/mol. The number of nitrogens with one attached hydrogen (secondary N) is 1. The van der Waals surface area contributed by atoms with Gasteiger partial charge in [-0.15, -0.1) is 27.6 Å². The van der Waals surface area contributed by atoms with Gasteiger partial charge in [-0.2, -0.15) is 0 Å². The second kappa shape index (κ2) is 14.9. The van der Waals surface area contributed by atoms with Crippen molar-refractivity contribution in [3.63, 3.8) is 0 Å². The molecule has 0 spiro atoms. The summed E-state index contributed by atoms with van der Waals surface area (Å²) >= 11 is 0. The molecule has 0 saturated carbocycles. The van der Waals surface area contributed by atoms with Gasteiger partial charge >= 0.3 is 16.8 Å². The van der Waals surface area contributed by atoms with Crippen LogP contribution in [-0.4, -0.2) is 29.9 Å². The quantitative estimate of drug-likeness (QED) is 0.107. The Morgan fingerprint density at radius 1 is 0.404 bits per heavy atom. The number of rotatable bonds is 4. The molecule has 0 aliphatic carbocycles. The molecular weight excluding hydrogens is 693 g/mol. The number of fused-ring (bicyclic) bond motifs is 8. The number of aromatic nitrogens is 8. The van der Waals surface area contributed by atoms with Crippen LogP contribution in [0.4, 0.5) is 0 Å². The summed E-state index contributed by atoms with van der Waals surface area (Å²) in [6.07, 6.45) is 22.5. The molecule has 0 radical (unpaired) electrons. The van der Waals surface area contributed by atoms with E-state index < -0.39 is 0 Å². The molecule has 11 nitrogen and oxygen atoms in total. The molecule has 12 heteroatoms. The predicted octanol–water partition coefficient (Wildman–Crippen LogP) is 9.03. The van der Waals surface area contributed by atoms with E-state index in [1.165, 1.54) is 0 Å². The van der Waals surface area contributed by atoms with Gasteiger partial charge in [0.15, 0.2) is 0 Å². The smallest absolute Gasteiger partial charge is 0.657 e. The maximum Gasteiger partial charge on any atom is 3.00 e. The standard InChI is InChI=1S/C40H24N8.Co.HN3/c1-2-30-38(26-11-19-42-20-12-26)32-5-6-34(47-32)40(28-15-23-44-24-16-28)36-8-7-35(48-36)39(27-13-21-43-22-14-27)33-4-3-31(46-33)37(29(1)45-30)25-9-17-41-18-10-25;;1-3-2/h1-24H;;1H/q-2;+3;. The molecule has 9 rings (SSSR count). The van der Waals surface area contributed by atoms with E-state index in [4.69, 9.17) is 31.0 Å². The van der Waals surface area contributed by atoms with Crippen molar-refractivity contribution < 1.29 is 16.8 Å². The van der Waals surface area contributed by atoms with Crippen LogP contribution in [0.25, 0.3) is 101 Å². The average Bonchev–Trinajstić information content (AvgIpc) is 4.02. The molecule has 2 aliphatic rings. The van der Waals surface area contributed by atoms with Crippen molar-refractivity contribution in [2.45, 2.75) is 0 Å². The molecule has 1 N–H and O–H groups in total. The van der Waals surface area contributed by atoms with Crippen molar-refractivity contribution in [3.8, 4) is 44.5 Å². The van der Waals surface area contributed by atoms with E-state index in [2.05, 4.69) is 68.5 Å². The van der Waals surface area contributed by atoms with Crippen molar-refractivity contribution in [1.82, 2.24) is 39.9 Å². The minimum absolute atomic E-state index is 0. The van der Waals surface area contributed by atoms with Crippen LogP contribution in [0, 0.1) is 5.53 Å². The Hall–Kier alpha value is -6.98. The zero-order valence-electron chi connectivity index (χ0n) is 27.2. The van der Waals surface area contributed by atoms with E-state index in [1.54, 1.807) is 54.5 Å². The van der Waals surface area contributed by atoms with Gasteiger partial charge < -0.3 is 9.97 Å². The van der Waals surface area contributed by atoms with Crippen molar-refractivity contribution in [3.05, 3.63) is 156 Å². The number of pyridine rings is 4. The van der Waals surface area contributed by atoms with Crippen LogP contribution in [0.15, 0.2) is 122 Å². The first-order chi connectivity index (χ1) is 25.2. The van der Waals surface area contributed by atoms with Gasteiger partial charge in [-0.3, -0.25) is 19.9 Å². The number of hydrogen-bond donors (Lipinski definition) is 1. The Labute approximate surface area is 307 Å². The van der Waals surface area contributed by atoms with Crippen LogP contribution in [0.1, 0.15) is 22.8 Å². The van der Waals surface area contributed by atoms with Gasteiger partial charge in [-0.05, 0) is 128 Å². The molecule has 9 heterocycles. The fourth-order valence-corrected chi connectivity index (χ4v) is 6.34. The monoisotopic (exact) mass is 718 g/mol. The molecule has 0 saturated heterocycles. The molecule has 7 aromatic heterocycles. The van der Waals surface area contributed by atoms with Gasteiger partial charge in [0.2, 0.25) is 0 Å². The van der Waals surface area contributed by atoms with Crippen molar-refractivity contribution in [1.29, 1.82) is 5.53 Å². The minimum atomic E-state index is 0. The maximum absolute atomic E-state index is 6.86. The van der Waals surface area contributed by atoms with Gasteiger partial charge in [0, 0.05) is 49.6 Å². The summed E-state index contributed by atoms with van der Waals surface area (Å²) in [4.78, 5) is 39.9. The molecule has 0 atom stereocenters. The van der Waals surface area contributed by atoms with E-state index in [9.17, 15) is 0 Å². The Balaban J connectivity index is 0.00000102. The second-order valence-corrected chi connectivity index (χ2v) is 11.4. The normalized spacial score (nSPS) is 11.2. The van der Waals surface area contributed by atoms with Crippen LogP contribution in [0.3, 0.4) is 0 Å². The van der Waals surface area contributed by atoms with Crippen molar-refractivity contribution in [2.75, 3.05) is 0 Å². The zero-order chi connectivity index (χ0) is 34.6. The average molecular weight is 719 g/mol. The van der Waals surface area contributed by atoms with Crippen molar-refractivity contribution >= 4 is 46.4 Å². The van der Waals surface area contributed by atoms with E-state index in [0.717, 1.165) is 89.4 Å². The summed E-state index contributed by atoms with van der Waals surface area (Å²) in [7, 11) is 0. The third kappa shape index (κ3) is 6.39. The Morgan fingerprint density at radius 2 is 0.615 bits per heavy atom. The number of nitrogens with zero attached hydrogens (tertiary/aromatic N) is 10. The molecule has 248 valence electrons. The topological polar surface area (TPSA) is 166 Å². The molecule has 8 bridgehead atoms. The molecule has 0 fully saturated rings. The SMILES string of the molecule is C1=Cc2nc1c(-c1ccncc1)c1ccc([n-]1)c(-c1ccncc1)c1nc(c(-c3ccncc3)c3ccc([n-]3)c2-c2ccncc2)C=C1.[Co+3].[N-]=[N+]=N. The molecular formula is C40H25CoN11+. The van der Waals surface area contributed by atoms with Crippen LogP contribution in [0.2, 0.25) is 0 Å². The fourth-order valence-electron chi connectivity index (χ4n) is 6.34. The molecule has 2 aliphatic heterocycles. The zero-order valence-corrected chi connectivity index (χ0v) is 28.2. The first-order valence-electron chi connectivity index (χ1n) is 15.9. The molecule has 0 amide bonds. The first-order valence-corrected chi connectivity index (χ1v) is 15.9. The molecule has 52 heavy (non-hydrogen) atoms. The summed E-state index contributed by atoms with van der Waals surface area (Å²) in [6, 6.07) is 24.1. The third-order valence-corrected chi connectivity index (χ3v) is 8.49. The second-order valence-electron chi connectivity index (χ2n) is 11.4. The van der Waals surface area contributed by atoms with Gasteiger partial charge in [0.1, 0.15) is 0 Å². The van der Waals surface area contributed by atoms with Crippen LogP contribution in [0.5, 0.6) is 0 Å². The Morgan fingerprint density at radius 3 is 0.827 bits per heavy atom. The van der Waals surface area contributed by atoms with E-state index >= 15 is 0 Å². The van der Waals surface area contributed by atoms with Gasteiger partial charge in [0.05, 0.1) is 22.8 Å². The van der Waals surface area contributed by atoms with Gasteiger partial charge in [0.25, 0.3) is 0 Å². The van der Waals surface area contributed by atoms with Gasteiger partial charge in [-0.25, -0.2) is 9.97 Å². The van der Waals surface area contributed by atoms with Crippen LogP contribution >= 0.6 is 0 Å². The van der Waals surface area contributed by atoms with E-state index in [0.29, 0.717) is 0 Å².